The van der Waals surface area contributed by atoms with Gasteiger partial charge in [-0.15, -0.1) is 0 Å². The van der Waals surface area contributed by atoms with Crippen LogP contribution in [0.5, 0.6) is 0 Å². The van der Waals surface area contributed by atoms with Gasteiger partial charge in [-0.05, 0) is 32.1 Å². The lowest BCUT2D eigenvalue weighted by Crippen LogP contribution is -2.29. The van der Waals surface area contributed by atoms with E-state index >= 15 is 0 Å². The predicted octanol–water partition coefficient (Wildman–Crippen LogP) is 2.01. The monoisotopic (exact) mass is 331 g/mol. The molecular formula is C17H25N5O2. The summed E-state index contributed by atoms with van der Waals surface area (Å²) in [5.41, 5.74) is 2.46. The zero-order valence-corrected chi connectivity index (χ0v) is 14.4. The molecule has 1 unspecified atom stereocenters. The molecule has 1 atom stereocenters. The molecule has 130 valence electrons. The van der Waals surface area contributed by atoms with Crippen LogP contribution < -0.4 is 10.6 Å². The fourth-order valence-corrected chi connectivity index (χ4v) is 2.46. The minimum Gasteiger partial charge on any atom is -0.390 e. The third kappa shape index (κ3) is 5.36. The number of anilines is 2. The number of carbonyl (C=O) groups excluding carboxylic acids is 1. The number of benzene rings is 1. The molecule has 2 amide bonds. The highest BCUT2D eigenvalue weighted by Crippen LogP contribution is 2.16. The molecule has 0 bridgehead atoms. The molecule has 0 aliphatic carbocycles. The summed E-state index contributed by atoms with van der Waals surface area (Å²) in [6.07, 6.45) is 3.59. The van der Waals surface area contributed by atoms with E-state index in [1.54, 1.807) is 17.1 Å². The summed E-state index contributed by atoms with van der Waals surface area (Å²) in [4.78, 5) is 14.0. The third-order valence-electron chi connectivity index (χ3n) is 3.51. The lowest BCUT2D eigenvalue weighted by atomic mass is 10.1. The topological polar surface area (TPSA) is 82.4 Å². The maximum atomic E-state index is 12.1. The van der Waals surface area contributed by atoms with Gasteiger partial charge in [0.1, 0.15) is 0 Å². The molecule has 7 nitrogen and oxygen atoms in total. The molecule has 0 saturated carbocycles. The number of amides is 2. The van der Waals surface area contributed by atoms with Crippen molar-refractivity contribution in [3.63, 3.8) is 0 Å². The summed E-state index contributed by atoms with van der Waals surface area (Å²) in [6.45, 7) is 2.97. The van der Waals surface area contributed by atoms with Crippen molar-refractivity contribution in [1.82, 2.24) is 14.7 Å². The number of hydrogen-bond donors (Lipinski definition) is 3. The van der Waals surface area contributed by atoms with E-state index in [0.717, 1.165) is 17.7 Å². The molecule has 1 heterocycles. The van der Waals surface area contributed by atoms with Crippen molar-refractivity contribution in [2.45, 2.75) is 26.0 Å². The van der Waals surface area contributed by atoms with Crippen LogP contribution in [0.2, 0.25) is 0 Å². The molecule has 1 aromatic carbocycles. The van der Waals surface area contributed by atoms with E-state index in [4.69, 9.17) is 0 Å². The number of nitrogens with zero attached hydrogens (tertiary/aromatic N) is 3. The Balaban J connectivity index is 1.91. The SMILES string of the molecule is CCc1ccccc1NC(=O)Nc1cnn(CC(O)CN(C)C)c1. The Morgan fingerprint density at radius 1 is 1.33 bits per heavy atom. The quantitative estimate of drug-likeness (QED) is 0.725. The second-order valence-corrected chi connectivity index (χ2v) is 5.96. The van der Waals surface area contributed by atoms with Gasteiger partial charge in [0, 0.05) is 18.4 Å². The van der Waals surface area contributed by atoms with Crippen LogP contribution in [0.25, 0.3) is 0 Å². The van der Waals surface area contributed by atoms with Gasteiger partial charge in [-0.25, -0.2) is 4.79 Å². The molecule has 0 saturated heterocycles. The van der Waals surface area contributed by atoms with E-state index in [9.17, 15) is 9.90 Å². The van der Waals surface area contributed by atoms with Gasteiger partial charge in [-0.3, -0.25) is 4.68 Å². The minimum absolute atomic E-state index is 0.315. The highest BCUT2D eigenvalue weighted by molar-refractivity contribution is 6.00. The van der Waals surface area contributed by atoms with Crippen LogP contribution in [0.1, 0.15) is 12.5 Å². The van der Waals surface area contributed by atoms with Crippen LogP contribution in [0.3, 0.4) is 0 Å². The normalized spacial score (nSPS) is 12.2. The van der Waals surface area contributed by atoms with Crippen LogP contribution >= 0.6 is 0 Å². The Hall–Kier alpha value is -2.38. The summed E-state index contributed by atoms with van der Waals surface area (Å²) in [5, 5.41) is 19.7. The summed E-state index contributed by atoms with van der Waals surface area (Å²) < 4.78 is 1.61. The van der Waals surface area contributed by atoms with E-state index in [2.05, 4.69) is 15.7 Å². The molecule has 0 aliphatic rings. The minimum atomic E-state index is -0.516. The van der Waals surface area contributed by atoms with Crippen molar-refractivity contribution in [2.24, 2.45) is 0 Å². The molecule has 0 fully saturated rings. The third-order valence-corrected chi connectivity index (χ3v) is 3.51. The molecule has 0 aliphatic heterocycles. The number of carbonyl (C=O) groups is 1. The standard InChI is InChI=1S/C17H25N5O2/c1-4-13-7-5-6-8-16(13)20-17(24)19-14-9-18-22(10-14)12-15(23)11-21(2)3/h5-10,15,23H,4,11-12H2,1-3H3,(H2,19,20,24). The van der Waals surface area contributed by atoms with Crippen molar-refractivity contribution >= 4 is 17.4 Å². The van der Waals surface area contributed by atoms with Gasteiger partial charge in [0.05, 0.1) is 24.5 Å². The molecule has 0 spiro atoms. The number of aromatic nitrogens is 2. The second-order valence-electron chi connectivity index (χ2n) is 5.96. The van der Waals surface area contributed by atoms with E-state index in [1.165, 1.54) is 0 Å². The number of para-hydroxylation sites is 1. The molecule has 2 aromatic rings. The van der Waals surface area contributed by atoms with Gasteiger partial charge in [0.15, 0.2) is 0 Å². The Kier molecular flexibility index (Phi) is 6.34. The smallest absolute Gasteiger partial charge is 0.323 e. The second kappa shape index (κ2) is 8.47. The van der Waals surface area contributed by atoms with E-state index < -0.39 is 6.10 Å². The molecular weight excluding hydrogens is 306 g/mol. The molecule has 24 heavy (non-hydrogen) atoms. The van der Waals surface area contributed by atoms with Crippen molar-refractivity contribution in [3.8, 4) is 0 Å². The van der Waals surface area contributed by atoms with Gasteiger partial charge in [0.2, 0.25) is 0 Å². The first-order valence-corrected chi connectivity index (χ1v) is 7.99. The van der Waals surface area contributed by atoms with Crippen LogP contribution in [0.15, 0.2) is 36.7 Å². The Morgan fingerprint density at radius 3 is 2.79 bits per heavy atom. The van der Waals surface area contributed by atoms with Gasteiger partial charge in [-0.2, -0.15) is 5.10 Å². The Morgan fingerprint density at radius 2 is 2.08 bits per heavy atom. The van der Waals surface area contributed by atoms with Crippen LogP contribution in [0, 0.1) is 0 Å². The van der Waals surface area contributed by atoms with Gasteiger partial charge < -0.3 is 20.6 Å². The van der Waals surface area contributed by atoms with Crippen LogP contribution in [-0.2, 0) is 13.0 Å². The Labute approximate surface area is 142 Å². The summed E-state index contributed by atoms with van der Waals surface area (Å²) in [6, 6.07) is 7.38. The van der Waals surface area contributed by atoms with E-state index in [-0.39, 0.29) is 6.03 Å². The fraction of sp³-hybridized carbons (Fsp3) is 0.412. The molecule has 7 heteroatoms. The molecule has 1 aromatic heterocycles. The first-order chi connectivity index (χ1) is 11.5. The van der Waals surface area contributed by atoms with Gasteiger partial charge in [-0.1, -0.05) is 25.1 Å². The van der Waals surface area contributed by atoms with Crippen LogP contribution in [-0.4, -0.2) is 52.6 Å². The van der Waals surface area contributed by atoms with E-state index in [1.807, 2.05) is 50.2 Å². The lowest BCUT2D eigenvalue weighted by Gasteiger charge is -2.15. The van der Waals surface area contributed by atoms with Crippen LogP contribution in [0.4, 0.5) is 16.2 Å². The number of rotatable bonds is 7. The molecule has 0 radical (unpaired) electrons. The number of urea groups is 1. The number of aryl methyl sites for hydroxylation is 1. The summed E-state index contributed by atoms with van der Waals surface area (Å²) in [5.74, 6) is 0. The van der Waals surface area contributed by atoms with Crippen molar-refractivity contribution in [3.05, 3.63) is 42.2 Å². The number of likely N-dealkylation sites (N-methyl/N-ethyl adjacent to an activating group) is 1. The molecule has 3 N–H and O–H groups in total. The predicted molar refractivity (Wildman–Crippen MR) is 95.2 cm³/mol. The molecule has 2 rings (SSSR count). The first-order valence-electron chi connectivity index (χ1n) is 7.99. The van der Waals surface area contributed by atoms with Gasteiger partial charge >= 0.3 is 6.03 Å². The number of aliphatic hydroxyl groups excluding tert-OH is 1. The largest absolute Gasteiger partial charge is 0.390 e. The van der Waals surface area contributed by atoms with Crippen molar-refractivity contribution < 1.29 is 9.90 Å². The van der Waals surface area contributed by atoms with Crippen molar-refractivity contribution in [1.29, 1.82) is 0 Å². The average molecular weight is 331 g/mol. The van der Waals surface area contributed by atoms with Gasteiger partial charge in [0.25, 0.3) is 0 Å². The average Bonchev–Trinajstić information content (AvgIpc) is 2.93. The summed E-state index contributed by atoms with van der Waals surface area (Å²) in [7, 11) is 3.80. The fourth-order valence-electron chi connectivity index (χ4n) is 2.46. The Bertz CT molecular complexity index is 669. The highest BCUT2D eigenvalue weighted by Gasteiger charge is 2.10. The van der Waals surface area contributed by atoms with Crippen molar-refractivity contribution in [2.75, 3.05) is 31.3 Å². The maximum absolute atomic E-state index is 12.1. The number of hydrogen-bond acceptors (Lipinski definition) is 4. The highest BCUT2D eigenvalue weighted by atomic mass is 16.3. The zero-order chi connectivity index (χ0) is 17.5. The number of nitrogens with one attached hydrogen (secondary N) is 2. The first kappa shape index (κ1) is 18.0. The summed E-state index contributed by atoms with van der Waals surface area (Å²) >= 11 is 0. The maximum Gasteiger partial charge on any atom is 0.323 e. The lowest BCUT2D eigenvalue weighted by molar-refractivity contribution is 0.116. The number of aliphatic hydroxyl groups is 1. The van der Waals surface area contributed by atoms with E-state index in [0.29, 0.717) is 18.8 Å². The zero-order valence-electron chi connectivity index (χ0n) is 14.4.